The molecule has 1 fully saturated rings. The third kappa shape index (κ3) is 2.79. The van der Waals surface area contributed by atoms with Gasteiger partial charge in [-0.25, -0.2) is 14.3 Å². The highest BCUT2D eigenvalue weighted by atomic mass is 16.6. The average molecular weight is 358 g/mol. The van der Waals surface area contributed by atoms with Gasteiger partial charge in [-0.2, -0.15) is 5.10 Å². The van der Waals surface area contributed by atoms with Crippen molar-refractivity contribution in [2.45, 2.75) is 51.3 Å². The number of methoxy groups -OCH3 is 1. The van der Waals surface area contributed by atoms with Crippen molar-refractivity contribution in [2.75, 3.05) is 7.11 Å². The largest absolute Gasteiger partial charge is 0.495 e. The van der Waals surface area contributed by atoms with Crippen LogP contribution in [0.25, 0.3) is 0 Å². The Morgan fingerprint density at radius 2 is 2.15 bits per heavy atom. The molecule has 0 saturated carbocycles. The maximum atomic E-state index is 12.9. The van der Waals surface area contributed by atoms with Gasteiger partial charge in [0.25, 0.3) is 0 Å². The van der Waals surface area contributed by atoms with E-state index in [9.17, 15) is 9.59 Å². The molecule has 8 nitrogen and oxygen atoms in total. The number of carbonyl (C=O) groups excluding carboxylic acids is 1. The summed E-state index contributed by atoms with van der Waals surface area (Å²) in [4.78, 5) is 29.7. The number of pyridine rings is 1. The summed E-state index contributed by atoms with van der Waals surface area (Å²) in [7, 11) is 1.57. The normalized spacial score (nSPS) is 23.7. The van der Waals surface area contributed by atoms with Crippen LogP contribution in [0.3, 0.4) is 0 Å². The Kier molecular flexibility index (Phi) is 3.86. The Bertz CT molecular complexity index is 897. The number of carbonyl (C=O) groups is 1. The van der Waals surface area contributed by atoms with Crippen molar-refractivity contribution in [1.29, 1.82) is 0 Å². The molecule has 0 radical (unpaired) electrons. The molecule has 2 aliphatic heterocycles. The van der Waals surface area contributed by atoms with Crippen molar-refractivity contribution in [2.24, 2.45) is 5.92 Å². The maximum Gasteiger partial charge on any atom is 0.347 e. The second kappa shape index (κ2) is 5.96. The van der Waals surface area contributed by atoms with Crippen molar-refractivity contribution >= 4 is 5.97 Å². The van der Waals surface area contributed by atoms with Crippen LogP contribution >= 0.6 is 0 Å². The first-order chi connectivity index (χ1) is 12.4. The number of nitrogens with zero attached hydrogens (tertiary/aromatic N) is 4. The predicted molar refractivity (Wildman–Crippen MR) is 92.0 cm³/mol. The number of esters is 1. The molecular formula is C18H22N4O4. The van der Waals surface area contributed by atoms with Crippen molar-refractivity contribution < 1.29 is 14.3 Å². The number of aryl methyl sites for hydroxylation is 1. The van der Waals surface area contributed by atoms with Gasteiger partial charge < -0.3 is 9.47 Å². The van der Waals surface area contributed by atoms with E-state index in [4.69, 9.17) is 9.47 Å². The van der Waals surface area contributed by atoms with Crippen LogP contribution in [-0.4, -0.2) is 38.0 Å². The van der Waals surface area contributed by atoms with Crippen molar-refractivity contribution in [3.8, 4) is 5.75 Å². The molecule has 0 aliphatic carbocycles. The highest BCUT2D eigenvalue weighted by Crippen LogP contribution is 2.41. The van der Waals surface area contributed by atoms with Crippen molar-refractivity contribution in [3.63, 3.8) is 0 Å². The summed E-state index contributed by atoms with van der Waals surface area (Å²) in [5.74, 6) is 1.06. The minimum absolute atomic E-state index is 0.105. The van der Waals surface area contributed by atoms with E-state index in [1.807, 2.05) is 13.8 Å². The van der Waals surface area contributed by atoms with Crippen LogP contribution in [0.15, 0.2) is 23.1 Å². The first kappa shape index (κ1) is 16.8. The predicted octanol–water partition coefficient (Wildman–Crippen LogP) is 1.33. The number of ether oxygens (including phenoxy) is 2. The molecule has 2 aromatic heterocycles. The highest BCUT2D eigenvalue weighted by molar-refractivity contribution is 5.76. The minimum Gasteiger partial charge on any atom is -0.495 e. The fraction of sp³-hybridized carbons (Fsp3) is 0.556. The second-order valence-corrected chi connectivity index (χ2v) is 7.54. The molecule has 138 valence electrons. The molecule has 0 spiro atoms. The fourth-order valence-corrected chi connectivity index (χ4v) is 4.00. The Hall–Kier alpha value is -2.64. The van der Waals surface area contributed by atoms with Crippen LogP contribution < -0.4 is 10.4 Å². The minimum atomic E-state index is -0.572. The van der Waals surface area contributed by atoms with E-state index in [2.05, 4.69) is 10.1 Å². The lowest BCUT2D eigenvalue weighted by Crippen LogP contribution is -2.49. The van der Waals surface area contributed by atoms with E-state index in [1.54, 1.807) is 25.4 Å². The molecule has 26 heavy (non-hydrogen) atoms. The smallest absolute Gasteiger partial charge is 0.347 e. The number of rotatable bonds is 3. The summed E-state index contributed by atoms with van der Waals surface area (Å²) < 4.78 is 13.5. The standard InChI is InChI=1S/C18H22N4O4/c1-18(2)8-11-4-7-14-20-21(10-12-5-6-13(25-3)9-19-12)17(24)22(14)15(11)16(23)26-18/h5-6,9,11,15H,4,7-8,10H2,1-3H3/t11?,15-/m0/s1. The molecule has 2 atom stereocenters. The maximum absolute atomic E-state index is 12.9. The van der Waals surface area contributed by atoms with Gasteiger partial charge >= 0.3 is 11.7 Å². The van der Waals surface area contributed by atoms with Crippen LogP contribution in [0.2, 0.25) is 0 Å². The summed E-state index contributed by atoms with van der Waals surface area (Å²) in [6.45, 7) is 4.08. The molecule has 8 heteroatoms. The first-order valence-electron chi connectivity index (χ1n) is 8.78. The molecule has 0 bridgehead atoms. The fourth-order valence-electron chi connectivity index (χ4n) is 4.00. The summed E-state index contributed by atoms with van der Waals surface area (Å²) in [5.41, 5.74) is -0.0706. The van der Waals surface area contributed by atoms with E-state index < -0.39 is 11.6 Å². The van der Waals surface area contributed by atoms with Crippen LogP contribution in [0.1, 0.15) is 44.2 Å². The van der Waals surface area contributed by atoms with E-state index >= 15 is 0 Å². The lowest BCUT2D eigenvalue weighted by molar-refractivity contribution is -0.175. The molecule has 2 aromatic rings. The zero-order valence-electron chi connectivity index (χ0n) is 15.1. The van der Waals surface area contributed by atoms with Crippen molar-refractivity contribution in [3.05, 3.63) is 40.3 Å². The number of fused-ring (bicyclic) bond motifs is 3. The van der Waals surface area contributed by atoms with E-state index in [0.29, 0.717) is 23.7 Å². The number of hydrogen-bond donors (Lipinski definition) is 0. The van der Waals surface area contributed by atoms with Gasteiger partial charge in [0, 0.05) is 6.42 Å². The van der Waals surface area contributed by atoms with Gasteiger partial charge in [-0.05, 0) is 44.7 Å². The Balaban J connectivity index is 1.66. The van der Waals surface area contributed by atoms with E-state index in [-0.39, 0.29) is 24.1 Å². The molecule has 0 N–H and O–H groups in total. The molecule has 1 saturated heterocycles. The van der Waals surface area contributed by atoms with Crippen LogP contribution in [0, 0.1) is 5.92 Å². The SMILES string of the molecule is COc1ccc(Cn2nc3n(c2=O)[C@@H]2C(=O)OC(C)(C)CC2CC3)nc1. The van der Waals surface area contributed by atoms with Gasteiger partial charge in [-0.1, -0.05) is 0 Å². The van der Waals surface area contributed by atoms with Gasteiger partial charge in [0.05, 0.1) is 25.5 Å². The Morgan fingerprint density at radius 1 is 1.35 bits per heavy atom. The number of hydrogen-bond acceptors (Lipinski definition) is 6. The number of cyclic esters (lactones) is 1. The lowest BCUT2D eigenvalue weighted by atomic mass is 9.80. The zero-order chi connectivity index (χ0) is 18.5. The summed E-state index contributed by atoms with van der Waals surface area (Å²) in [6, 6.07) is 3.01. The second-order valence-electron chi connectivity index (χ2n) is 7.54. The van der Waals surface area contributed by atoms with Crippen molar-refractivity contribution in [1.82, 2.24) is 19.3 Å². The van der Waals surface area contributed by atoms with E-state index in [1.165, 1.54) is 9.25 Å². The first-order valence-corrected chi connectivity index (χ1v) is 8.78. The average Bonchev–Trinajstić information content (AvgIpc) is 2.90. The quantitative estimate of drug-likeness (QED) is 0.769. The Morgan fingerprint density at radius 3 is 2.85 bits per heavy atom. The molecule has 2 aliphatic rings. The zero-order valence-corrected chi connectivity index (χ0v) is 15.1. The molecule has 1 unspecified atom stereocenters. The molecule has 4 rings (SSSR count). The summed E-state index contributed by atoms with van der Waals surface area (Å²) in [6.07, 6.45) is 3.87. The third-order valence-corrected chi connectivity index (χ3v) is 5.12. The van der Waals surface area contributed by atoms with Gasteiger partial charge in [-0.3, -0.25) is 9.55 Å². The summed E-state index contributed by atoms with van der Waals surface area (Å²) in [5, 5.41) is 4.44. The topological polar surface area (TPSA) is 88.2 Å². The van der Waals surface area contributed by atoms with Gasteiger partial charge in [0.15, 0.2) is 0 Å². The molecule has 0 aromatic carbocycles. The highest BCUT2D eigenvalue weighted by Gasteiger charge is 2.47. The Labute approximate surface area is 150 Å². The molecule has 4 heterocycles. The lowest BCUT2D eigenvalue weighted by Gasteiger charge is -2.41. The molecule has 0 amide bonds. The van der Waals surface area contributed by atoms with Gasteiger partial charge in [-0.15, -0.1) is 0 Å². The van der Waals surface area contributed by atoms with Gasteiger partial charge in [0.1, 0.15) is 23.2 Å². The van der Waals surface area contributed by atoms with Gasteiger partial charge in [0.2, 0.25) is 0 Å². The third-order valence-electron chi connectivity index (χ3n) is 5.12. The van der Waals surface area contributed by atoms with Crippen LogP contribution in [0.5, 0.6) is 5.75 Å². The molecular weight excluding hydrogens is 336 g/mol. The van der Waals surface area contributed by atoms with Crippen LogP contribution in [-0.2, 0) is 22.5 Å². The van der Waals surface area contributed by atoms with Crippen LogP contribution in [0.4, 0.5) is 0 Å². The monoisotopic (exact) mass is 358 g/mol. The number of aromatic nitrogens is 4. The van der Waals surface area contributed by atoms with E-state index in [0.717, 1.165) is 12.8 Å². The summed E-state index contributed by atoms with van der Waals surface area (Å²) >= 11 is 0.